The van der Waals surface area contributed by atoms with Crippen molar-refractivity contribution in [1.29, 1.82) is 0 Å². The first-order chi connectivity index (χ1) is 6.68. The van der Waals surface area contributed by atoms with Crippen LogP contribution in [0.25, 0.3) is 11.6 Å². The number of nitrogens with one attached hydrogen (secondary N) is 1. The van der Waals surface area contributed by atoms with Crippen LogP contribution in [0.4, 0.5) is 0 Å². The fourth-order valence-electron chi connectivity index (χ4n) is 1.09. The minimum absolute atomic E-state index is 0.214. The molecule has 0 aliphatic carbocycles. The lowest BCUT2D eigenvalue weighted by atomic mass is 10.5. The van der Waals surface area contributed by atoms with Crippen molar-refractivity contribution in [2.24, 2.45) is 7.05 Å². The van der Waals surface area contributed by atoms with Crippen molar-refractivity contribution in [2.75, 3.05) is 0 Å². The SMILES string of the molecule is Cn1c(Cl)cnc1-c1nccc(=O)[nH]1. The molecule has 0 radical (unpaired) electrons. The Bertz CT molecular complexity index is 516. The van der Waals surface area contributed by atoms with Gasteiger partial charge >= 0.3 is 0 Å². The van der Waals surface area contributed by atoms with Gasteiger partial charge in [-0.05, 0) is 0 Å². The summed E-state index contributed by atoms with van der Waals surface area (Å²) in [5.41, 5.74) is -0.214. The number of H-pyrrole nitrogens is 1. The Morgan fingerprint density at radius 3 is 2.86 bits per heavy atom. The lowest BCUT2D eigenvalue weighted by Crippen LogP contribution is -2.08. The summed E-state index contributed by atoms with van der Waals surface area (Å²) in [6, 6.07) is 1.34. The maximum atomic E-state index is 11.0. The summed E-state index contributed by atoms with van der Waals surface area (Å²) in [6.45, 7) is 0. The fraction of sp³-hybridized carbons (Fsp3) is 0.125. The van der Waals surface area contributed by atoms with E-state index >= 15 is 0 Å². The number of nitrogens with zero attached hydrogens (tertiary/aromatic N) is 3. The summed E-state index contributed by atoms with van der Waals surface area (Å²) in [5.74, 6) is 0.944. The van der Waals surface area contributed by atoms with Gasteiger partial charge in [0.15, 0.2) is 11.6 Å². The highest BCUT2D eigenvalue weighted by atomic mass is 35.5. The molecule has 0 amide bonds. The summed E-state index contributed by atoms with van der Waals surface area (Å²) in [4.78, 5) is 21.6. The van der Waals surface area contributed by atoms with Crippen LogP contribution in [0.15, 0.2) is 23.3 Å². The lowest BCUT2D eigenvalue weighted by Gasteiger charge is -1.99. The van der Waals surface area contributed by atoms with E-state index in [0.717, 1.165) is 0 Å². The second kappa shape index (κ2) is 3.26. The zero-order valence-corrected chi connectivity index (χ0v) is 8.12. The van der Waals surface area contributed by atoms with Crippen molar-refractivity contribution in [3.05, 3.63) is 34.0 Å². The Morgan fingerprint density at radius 2 is 2.29 bits per heavy atom. The molecular formula is C8H7ClN4O. The van der Waals surface area contributed by atoms with Crippen molar-refractivity contribution in [3.63, 3.8) is 0 Å². The molecule has 0 bridgehead atoms. The molecule has 2 heterocycles. The largest absolute Gasteiger partial charge is 0.316 e. The Morgan fingerprint density at radius 1 is 1.50 bits per heavy atom. The molecule has 5 nitrogen and oxygen atoms in total. The van der Waals surface area contributed by atoms with Gasteiger partial charge in [-0.1, -0.05) is 11.6 Å². The average Bonchev–Trinajstić information content (AvgIpc) is 2.48. The van der Waals surface area contributed by atoms with Crippen molar-refractivity contribution in [3.8, 4) is 11.6 Å². The number of hydrogen-bond acceptors (Lipinski definition) is 3. The van der Waals surface area contributed by atoms with E-state index in [0.29, 0.717) is 16.8 Å². The van der Waals surface area contributed by atoms with E-state index in [2.05, 4.69) is 15.0 Å². The number of aromatic nitrogens is 4. The minimum atomic E-state index is -0.214. The first-order valence-corrected chi connectivity index (χ1v) is 4.29. The molecule has 72 valence electrons. The van der Waals surface area contributed by atoms with Gasteiger partial charge in [-0.3, -0.25) is 4.79 Å². The van der Waals surface area contributed by atoms with Gasteiger partial charge in [-0.25, -0.2) is 9.97 Å². The van der Waals surface area contributed by atoms with Crippen LogP contribution < -0.4 is 5.56 Å². The monoisotopic (exact) mass is 210 g/mol. The van der Waals surface area contributed by atoms with Crippen LogP contribution in [-0.2, 0) is 7.05 Å². The third kappa shape index (κ3) is 1.42. The predicted octanol–water partition coefficient (Wildman–Crippen LogP) is 0.824. The zero-order valence-electron chi connectivity index (χ0n) is 7.36. The smallest absolute Gasteiger partial charge is 0.251 e. The Kier molecular flexibility index (Phi) is 2.09. The van der Waals surface area contributed by atoms with E-state index in [1.165, 1.54) is 18.5 Å². The van der Waals surface area contributed by atoms with Gasteiger partial charge in [0.1, 0.15) is 5.15 Å². The molecule has 6 heteroatoms. The second-order valence-corrected chi connectivity index (χ2v) is 3.13. The second-order valence-electron chi connectivity index (χ2n) is 2.75. The minimum Gasteiger partial charge on any atom is -0.316 e. The zero-order chi connectivity index (χ0) is 10.1. The van der Waals surface area contributed by atoms with Gasteiger partial charge in [0.25, 0.3) is 5.56 Å². The molecule has 0 saturated carbocycles. The van der Waals surface area contributed by atoms with Crippen LogP contribution in [0.1, 0.15) is 0 Å². The number of aromatic amines is 1. The summed E-state index contributed by atoms with van der Waals surface area (Å²) >= 11 is 5.80. The third-order valence-electron chi connectivity index (χ3n) is 1.81. The average molecular weight is 211 g/mol. The standard InChI is InChI=1S/C8H7ClN4O/c1-13-5(9)4-11-8(13)7-10-3-2-6(14)12-7/h2-4H,1H3,(H,10,12,14). The summed E-state index contributed by atoms with van der Waals surface area (Å²) < 4.78 is 1.64. The molecule has 2 aromatic rings. The lowest BCUT2D eigenvalue weighted by molar-refractivity contribution is 0.903. The van der Waals surface area contributed by atoms with E-state index in [-0.39, 0.29) is 5.56 Å². The molecule has 0 aromatic carbocycles. The van der Waals surface area contributed by atoms with E-state index in [4.69, 9.17) is 11.6 Å². The molecule has 0 unspecified atom stereocenters. The van der Waals surface area contributed by atoms with Crippen LogP contribution in [-0.4, -0.2) is 19.5 Å². The number of hydrogen-bond donors (Lipinski definition) is 1. The quantitative estimate of drug-likeness (QED) is 0.758. The van der Waals surface area contributed by atoms with Crippen LogP contribution in [0.2, 0.25) is 5.15 Å². The highest BCUT2D eigenvalue weighted by Crippen LogP contribution is 2.15. The number of imidazole rings is 1. The van der Waals surface area contributed by atoms with Gasteiger partial charge in [-0.15, -0.1) is 0 Å². The van der Waals surface area contributed by atoms with Gasteiger partial charge < -0.3 is 9.55 Å². The normalized spacial score (nSPS) is 10.4. The maximum absolute atomic E-state index is 11.0. The highest BCUT2D eigenvalue weighted by molar-refractivity contribution is 6.29. The molecule has 0 spiro atoms. The predicted molar refractivity (Wildman–Crippen MR) is 52.1 cm³/mol. The first-order valence-electron chi connectivity index (χ1n) is 3.91. The topological polar surface area (TPSA) is 63.6 Å². The molecule has 2 rings (SSSR count). The molecule has 1 N–H and O–H groups in total. The maximum Gasteiger partial charge on any atom is 0.251 e. The van der Waals surface area contributed by atoms with Crippen LogP contribution in [0.5, 0.6) is 0 Å². The van der Waals surface area contributed by atoms with Crippen LogP contribution >= 0.6 is 11.6 Å². The van der Waals surface area contributed by atoms with E-state index in [1.807, 2.05) is 0 Å². The van der Waals surface area contributed by atoms with Crippen molar-refractivity contribution < 1.29 is 0 Å². The van der Waals surface area contributed by atoms with Gasteiger partial charge in [-0.2, -0.15) is 0 Å². The van der Waals surface area contributed by atoms with Crippen LogP contribution in [0.3, 0.4) is 0 Å². The molecular weight excluding hydrogens is 204 g/mol. The molecule has 0 atom stereocenters. The molecule has 0 saturated heterocycles. The Balaban J connectivity index is 2.60. The summed E-state index contributed by atoms with van der Waals surface area (Å²) in [7, 11) is 1.75. The van der Waals surface area contributed by atoms with Crippen LogP contribution in [0, 0.1) is 0 Å². The van der Waals surface area contributed by atoms with E-state index in [1.54, 1.807) is 11.6 Å². The summed E-state index contributed by atoms with van der Waals surface area (Å²) in [6.07, 6.45) is 2.93. The third-order valence-corrected chi connectivity index (χ3v) is 2.17. The Labute approximate surface area is 84.4 Å². The summed E-state index contributed by atoms with van der Waals surface area (Å²) in [5, 5.41) is 0.492. The van der Waals surface area contributed by atoms with Gasteiger partial charge in [0.05, 0.1) is 6.20 Å². The first kappa shape index (κ1) is 8.96. The van der Waals surface area contributed by atoms with Crippen molar-refractivity contribution >= 4 is 11.6 Å². The number of halogens is 1. The molecule has 2 aromatic heterocycles. The molecule has 14 heavy (non-hydrogen) atoms. The molecule has 0 aliphatic rings. The van der Waals surface area contributed by atoms with Gasteiger partial charge in [0.2, 0.25) is 0 Å². The highest BCUT2D eigenvalue weighted by Gasteiger charge is 2.08. The van der Waals surface area contributed by atoms with Crippen molar-refractivity contribution in [1.82, 2.24) is 19.5 Å². The van der Waals surface area contributed by atoms with E-state index in [9.17, 15) is 4.79 Å². The Hall–Kier alpha value is -1.62. The van der Waals surface area contributed by atoms with Crippen molar-refractivity contribution in [2.45, 2.75) is 0 Å². The molecule has 0 aliphatic heterocycles. The fourth-order valence-corrected chi connectivity index (χ4v) is 1.22. The number of rotatable bonds is 1. The van der Waals surface area contributed by atoms with E-state index < -0.39 is 0 Å². The molecule has 0 fully saturated rings. The van der Waals surface area contributed by atoms with Gasteiger partial charge in [0, 0.05) is 19.3 Å².